The Morgan fingerprint density at radius 2 is 2.00 bits per heavy atom. The summed E-state index contributed by atoms with van der Waals surface area (Å²) in [6, 6.07) is 4.29. The summed E-state index contributed by atoms with van der Waals surface area (Å²) in [5.74, 6) is -3.24. The molecule has 2 heterocycles. The maximum Gasteiger partial charge on any atom is 0.338 e. The van der Waals surface area contributed by atoms with Crippen LogP contribution in [0.3, 0.4) is 0 Å². The highest BCUT2D eigenvalue weighted by molar-refractivity contribution is 6.70. The average molecular weight is 409 g/mol. The smallest absolute Gasteiger partial charge is 0.338 e. The van der Waals surface area contributed by atoms with Gasteiger partial charge in [0.05, 0.1) is 36.0 Å². The number of allylic oxidation sites excluding steroid dienone is 1. The second kappa shape index (κ2) is 8.02. The Kier molecular flexibility index (Phi) is 5.69. The first kappa shape index (κ1) is 19.9. The Bertz CT molecular complexity index is 938. The maximum atomic E-state index is 14.7. The van der Waals surface area contributed by atoms with Crippen molar-refractivity contribution in [2.45, 2.75) is 26.2 Å². The van der Waals surface area contributed by atoms with Crippen LogP contribution in [0.25, 0.3) is 0 Å². The van der Waals surface area contributed by atoms with Crippen molar-refractivity contribution in [3.63, 3.8) is 0 Å². The second-order valence-electron chi connectivity index (χ2n) is 5.93. The summed E-state index contributed by atoms with van der Waals surface area (Å²) in [4.78, 5) is 28.9. The highest BCUT2D eigenvalue weighted by Gasteiger charge is 2.43. The van der Waals surface area contributed by atoms with Crippen LogP contribution in [-0.2, 0) is 23.8 Å². The van der Waals surface area contributed by atoms with E-state index in [0.717, 1.165) is 0 Å². The molecule has 0 radical (unpaired) electrons. The van der Waals surface area contributed by atoms with E-state index in [9.17, 15) is 14.0 Å². The van der Waals surface area contributed by atoms with Crippen LogP contribution in [0.15, 0.2) is 46.0 Å². The Hall–Kier alpha value is -2.87. The molecule has 0 saturated carbocycles. The van der Waals surface area contributed by atoms with Crippen LogP contribution in [0.2, 0.25) is 0 Å². The third-order valence-corrected chi connectivity index (χ3v) is 4.53. The highest BCUT2D eigenvalue weighted by atomic mass is 35.5. The van der Waals surface area contributed by atoms with E-state index in [4.69, 9.17) is 31.5 Å². The monoisotopic (exact) mass is 408 g/mol. The van der Waals surface area contributed by atoms with Gasteiger partial charge in [-0.05, 0) is 26.0 Å². The molecule has 3 rings (SSSR count). The molecular weight excluding hydrogens is 391 g/mol. The first-order valence-corrected chi connectivity index (χ1v) is 9.03. The highest BCUT2D eigenvalue weighted by Crippen LogP contribution is 2.49. The van der Waals surface area contributed by atoms with Crippen molar-refractivity contribution in [3.8, 4) is 0 Å². The van der Waals surface area contributed by atoms with E-state index in [0.29, 0.717) is 0 Å². The summed E-state index contributed by atoms with van der Waals surface area (Å²) in [7, 11) is 0. The van der Waals surface area contributed by atoms with Gasteiger partial charge in [-0.25, -0.2) is 14.2 Å². The van der Waals surface area contributed by atoms with E-state index >= 15 is 0 Å². The normalized spacial score (nSPS) is 18.0. The Balaban J connectivity index is 2.22. The summed E-state index contributed by atoms with van der Waals surface area (Å²) >= 11 is 6.26. The number of hydrogen-bond acceptors (Lipinski definition) is 7. The lowest BCUT2D eigenvalue weighted by molar-refractivity contribution is -0.143. The predicted octanol–water partition coefficient (Wildman–Crippen LogP) is 3.16. The van der Waals surface area contributed by atoms with Gasteiger partial charge in [-0.2, -0.15) is 0 Å². The molecule has 2 aliphatic rings. The fourth-order valence-electron chi connectivity index (χ4n) is 3.19. The molecule has 0 aliphatic carbocycles. The summed E-state index contributed by atoms with van der Waals surface area (Å²) in [5.41, 5.74) is 6.45. The largest absolute Gasteiger partial charge is 0.466 e. The predicted molar refractivity (Wildman–Crippen MR) is 99.3 cm³/mol. The molecule has 2 aliphatic heterocycles. The molecule has 1 aromatic carbocycles. The number of halogens is 2. The van der Waals surface area contributed by atoms with E-state index < -0.39 is 23.7 Å². The summed E-state index contributed by atoms with van der Waals surface area (Å²) in [6.45, 7) is 3.50. The van der Waals surface area contributed by atoms with Crippen LogP contribution in [-0.4, -0.2) is 30.3 Å². The summed E-state index contributed by atoms with van der Waals surface area (Å²) in [5, 5.41) is -0.0300. The minimum Gasteiger partial charge on any atom is -0.466 e. The van der Waals surface area contributed by atoms with Crippen molar-refractivity contribution in [2.24, 2.45) is 10.7 Å². The summed E-state index contributed by atoms with van der Waals surface area (Å²) < 4.78 is 30.3. The molecule has 0 aromatic heterocycles. The third-order valence-electron chi connectivity index (χ3n) is 4.24. The first-order chi connectivity index (χ1) is 13.4. The van der Waals surface area contributed by atoms with Crippen molar-refractivity contribution in [1.82, 2.24) is 0 Å². The van der Waals surface area contributed by atoms with Gasteiger partial charge in [-0.3, -0.25) is 4.79 Å². The van der Waals surface area contributed by atoms with Gasteiger partial charge in [0.15, 0.2) is 5.88 Å². The molecule has 0 fully saturated rings. The van der Waals surface area contributed by atoms with Crippen molar-refractivity contribution < 1.29 is 28.2 Å². The van der Waals surface area contributed by atoms with Gasteiger partial charge in [0.1, 0.15) is 23.2 Å². The minimum absolute atomic E-state index is 0.0300. The number of rotatable bonds is 5. The number of hydrogen-bond donors (Lipinski definition) is 1. The van der Waals surface area contributed by atoms with Crippen LogP contribution in [0.5, 0.6) is 0 Å². The number of ether oxygens (including phenoxy) is 3. The third kappa shape index (κ3) is 3.47. The number of carbonyl (C=O) groups is 2. The van der Waals surface area contributed by atoms with E-state index in [1.807, 2.05) is 0 Å². The number of esters is 2. The second-order valence-corrected chi connectivity index (χ2v) is 6.29. The van der Waals surface area contributed by atoms with E-state index in [2.05, 4.69) is 4.99 Å². The van der Waals surface area contributed by atoms with Crippen molar-refractivity contribution >= 4 is 34.4 Å². The van der Waals surface area contributed by atoms with Crippen molar-refractivity contribution in [2.75, 3.05) is 13.2 Å². The Morgan fingerprint density at radius 1 is 1.29 bits per heavy atom. The standard InChI is InChI=1S/C19H18ClFN2O5/c1-3-26-12(24)8-11-14(19(25)27-4-2)15-13-9(21)6-5-7-10(13)23-17(20)16(15)18(22)28-11/h5-7,15H,3-4,8,22H2,1-2H3. The fourth-order valence-corrected chi connectivity index (χ4v) is 3.48. The van der Waals surface area contributed by atoms with E-state index in [-0.39, 0.29) is 58.8 Å². The quantitative estimate of drug-likeness (QED) is 0.751. The molecule has 9 heteroatoms. The molecule has 0 bridgehead atoms. The molecule has 7 nitrogen and oxygen atoms in total. The molecule has 0 amide bonds. The zero-order valence-electron chi connectivity index (χ0n) is 15.3. The summed E-state index contributed by atoms with van der Waals surface area (Å²) in [6.07, 6.45) is -0.370. The van der Waals surface area contributed by atoms with Gasteiger partial charge in [0.25, 0.3) is 0 Å². The Labute approximate surface area is 165 Å². The lowest BCUT2D eigenvalue weighted by Crippen LogP contribution is -2.31. The molecular formula is C19H18ClFN2O5. The lowest BCUT2D eigenvalue weighted by Gasteiger charge is -2.33. The van der Waals surface area contributed by atoms with E-state index in [1.54, 1.807) is 19.9 Å². The number of carbonyl (C=O) groups excluding carboxylic acids is 2. The molecule has 1 atom stereocenters. The minimum atomic E-state index is -1.02. The zero-order chi connectivity index (χ0) is 20.4. The zero-order valence-corrected chi connectivity index (χ0v) is 16.0. The van der Waals surface area contributed by atoms with Crippen LogP contribution in [0.1, 0.15) is 31.7 Å². The SMILES string of the molecule is CCOC(=O)CC1=C(C(=O)OCC)C2C(=C(N)O1)C(Cl)=Nc1cccc(F)c12. The van der Waals surface area contributed by atoms with Gasteiger partial charge >= 0.3 is 11.9 Å². The van der Waals surface area contributed by atoms with Crippen LogP contribution in [0, 0.1) is 5.82 Å². The van der Waals surface area contributed by atoms with E-state index in [1.165, 1.54) is 12.1 Å². The van der Waals surface area contributed by atoms with Gasteiger partial charge in [0, 0.05) is 5.56 Å². The molecule has 1 unspecified atom stereocenters. The fraction of sp³-hybridized carbons (Fsp3) is 0.316. The van der Waals surface area contributed by atoms with Gasteiger partial charge in [-0.15, -0.1) is 0 Å². The topological polar surface area (TPSA) is 100 Å². The molecule has 0 saturated heterocycles. The molecule has 148 valence electrons. The van der Waals surface area contributed by atoms with Crippen LogP contribution in [0.4, 0.5) is 10.1 Å². The van der Waals surface area contributed by atoms with Crippen molar-refractivity contribution in [1.29, 1.82) is 0 Å². The molecule has 1 aromatic rings. The number of nitrogens with zero attached hydrogens (tertiary/aromatic N) is 1. The average Bonchev–Trinajstić information content (AvgIpc) is 2.61. The molecule has 28 heavy (non-hydrogen) atoms. The van der Waals surface area contributed by atoms with Crippen LogP contribution < -0.4 is 5.73 Å². The maximum absolute atomic E-state index is 14.7. The number of benzene rings is 1. The molecule has 0 spiro atoms. The Morgan fingerprint density at radius 3 is 2.68 bits per heavy atom. The van der Waals surface area contributed by atoms with Crippen molar-refractivity contribution in [3.05, 3.63) is 52.4 Å². The number of nitrogens with two attached hydrogens (primary N) is 1. The van der Waals surface area contributed by atoms with Crippen LogP contribution >= 0.6 is 11.6 Å². The first-order valence-electron chi connectivity index (χ1n) is 8.65. The number of aliphatic imine (C=N–C) groups is 1. The van der Waals surface area contributed by atoms with Gasteiger partial charge < -0.3 is 19.9 Å². The van der Waals surface area contributed by atoms with Gasteiger partial charge in [-0.1, -0.05) is 17.7 Å². The van der Waals surface area contributed by atoms with Gasteiger partial charge in [0.2, 0.25) is 0 Å². The number of fused-ring (bicyclic) bond motifs is 3. The molecule has 2 N–H and O–H groups in total. The lowest BCUT2D eigenvalue weighted by atomic mass is 9.80.